The summed E-state index contributed by atoms with van der Waals surface area (Å²) in [6, 6.07) is 23.2. The SMILES string of the molecule is C=CC(=O)Nc1cc(Cl)cc(-c2nc(Nc3cccc(N4CCOCC4)c3)ncc2Nc2ccccc2)c1. The molecule has 0 saturated carbocycles. The third-order valence-corrected chi connectivity index (χ3v) is 6.16. The van der Waals surface area contributed by atoms with Crippen molar-refractivity contribution in [3.05, 3.63) is 96.7 Å². The molecule has 0 bridgehead atoms. The first-order valence-electron chi connectivity index (χ1n) is 12.2. The van der Waals surface area contributed by atoms with E-state index in [9.17, 15) is 4.79 Å². The quantitative estimate of drug-likeness (QED) is 0.234. The highest BCUT2D eigenvalue weighted by molar-refractivity contribution is 6.31. The molecule has 0 spiro atoms. The van der Waals surface area contributed by atoms with E-state index in [0.717, 1.165) is 43.4 Å². The van der Waals surface area contributed by atoms with E-state index in [-0.39, 0.29) is 5.91 Å². The van der Waals surface area contributed by atoms with Gasteiger partial charge in [0.25, 0.3) is 0 Å². The fourth-order valence-electron chi connectivity index (χ4n) is 4.15. The van der Waals surface area contributed by atoms with Gasteiger partial charge in [0, 0.05) is 46.4 Å². The minimum Gasteiger partial charge on any atom is -0.378 e. The van der Waals surface area contributed by atoms with Crippen molar-refractivity contribution in [2.75, 3.05) is 47.2 Å². The van der Waals surface area contributed by atoms with Crippen molar-refractivity contribution in [2.24, 2.45) is 0 Å². The number of halogens is 1. The first-order chi connectivity index (χ1) is 18.6. The summed E-state index contributed by atoms with van der Waals surface area (Å²) in [5.74, 6) is 0.0976. The fraction of sp³-hybridized carbons (Fsp3) is 0.138. The number of hydrogen-bond donors (Lipinski definition) is 3. The van der Waals surface area contributed by atoms with Gasteiger partial charge in [-0.25, -0.2) is 9.97 Å². The highest BCUT2D eigenvalue weighted by atomic mass is 35.5. The molecule has 3 aromatic carbocycles. The molecule has 1 fully saturated rings. The van der Waals surface area contributed by atoms with Gasteiger partial charge in [0.15, 0.2) is 0 Å². The molecule has 0 aliphatic carbocycles. The second kappa shape index (κ2) is 11.8. The lowest BCUT2D eigenvalue weighted by molar-refractivity contribution is -0.111. The minimum atomic E-state index is -0.328. The van der Waals surface area contributed by atoms with Gasteiger partial charge in [-0.2, -0.15) is 0 Å². The molecule has 0 radical (unpaired) electrons. The minimum absolute atomic E-state index is 0.328. The number of benzene rings is 3. The van der Waals surface area contributed by atoms with Gasteiger partial charge in [-0.15, -0.1) is 0 Å². The predicted molar refractivity (Wildman–Crippen MR) is 154 cm³/mol. The van der Waals surface area contributed by atoms with Crippen LogP contribution in [0.25, 0.3) is 11.3 Å². The van der Waals surface area contributed by atoms with Crippen LogP contribution < -0.4 is 20.9 Å². The molecule has 1 amide bonds. The van der Waals surface area contributed by atoms with E-state index in [4.69, 9.17) is 21.3 Å². The largest absolute Gasteiger partial charge is 0.378 e. The average molecular weight is 527 g/mol. The molecular formula is C29H27ClN6O2. The van der Waals surface area contributed by atoms with E-state index < -0.39 is 0 Å². The lowest BCUT2D eigenvalue weighted by Gasteiger charge is -2.29. The molecule has 1 aliphatic heterocycles. The van der Waals surface area contributed by atoms with Gasteiger partial charge in [-0.3, -0.25) is 4.79 Å². The lowest BCUT2D eigenvalue weighted by Crippen LogP contribution is -2.36. The maximum atomic E-state index is 11.9. The number of carbonyl (C=O) groups is 1. The molecular weight excluding hydrogens is 500 g/mol. The smallest absolute Gasteiger partial charge is 0.247 e. The van der Waals surface area contributed by atoms with Crippen LogP contribution in [-0.4, -0.2) is 42.2 Å². The molecule has 3 N–H and O–H groups in total. The summed E-state index contributed by atoms with van der Waals surface area (Å²) in [4.78, 5) is 23.6. The fourth-order valence-corrected chi connectivity index (χ4v) is 4.39. The molecule has 1 aromatic heterocycles. The van der Waals surface area contributed by atoms with Gasteiger partial charge in [-0.05, 0) is 54.6 Å². The van der Waals surface area contributed by atoms with Crippen LogP contribution in [0.5, 0.6) is 0 Å². The monoisotopic (exact) mass is 526 g/mol. The van der Waals surface area contributed by atoms with Crippen LogP contribution in [0.1, 0.15) is 0 Å². The molecule has 4 aromatic rings. The standard InChI is InChI=1S/C29H27ClN6O2/c1-2-27(37)33-24-16-20(15-21(30)17-24)28-26(32-22-7-4-3-5-8-22)19-31-29(35-28)34-23-9-6-10-25(18-23)36-11-13-38-14-12-36/h2-10,15-19,32H,1,11-14H2,(H,33,37)(H,31,34,35). The molecule has 38 heavy (non-hydrogen) atoms. The molecule has 5 rings (SSSR count). The first-order valence-corrected chi connectivity index (χ1v) is 12.6. The summed E-state index contributed by atoms with van der Waals surface area (Å²) in [6.07, 6.45) is 2.94. The van der Waals surface area contributed by atoms with Crippen molar-refractivity contribution in [2.45, 2.75) is 0 Å². The number of carbonyl (C=O) groups excluding carboxylic acids is 1. The van der Waals surface area contributed by atoms with Crippen LogP contribution in [0.4, 0.5) is 34.4 Å². The first kappa shape index (κ1) is 25.3. The summed E-state index contributed by atoms with van der Waals surface area (Å²) < 4.78 is 5.48. The molecule has 8 nitrogen and oxygen atoms in total. The number of nitrogens with one attached hydrogen (secondary N) is 3. The molecule has 0 atom stereocenters. The topological polar surface area (TPSA) is 91.4 Å². The van der Waals surface area contributed by atoms with Crippen LogP contribution >= 0.6 is 11.6 Å². The Kier molecular flexibility index (Phi) is 7.82. The number of hydrogen-bond acceptors (Lipinski definition) is 7. The number of amides is 1. The predicted octanol–water partition coefficient (Wildman–Crippen LogP) is 6.25. The van der Waals surface area contributed by atoms with Crippen LogP contribution in [0.3, 0.4) is 0 Å². The molecule has 1 saturated heterocycles. The Morgan fingerprint density at radius 3 is 2.53 bits per heavy atom. The number of rotatable bonds is 8. The second-order valence-corrected chi connectivity index (χ2v) is 9.08. The van der Waals surface area contributed by atoms with E-state index in [2.05, 4.69) is 44.5 Å². The molecule has 192 valence electrons. The average Bonchev–Trinajstić information content (AvgIpc) is 2.94. The lowest BCUT2D eigenvalue weighted by atomic mass is 10.1. The number of ether oxygens (including phenoxy) is 1. The van der Waals surface area contributed by atoms with E-state index >= 15 is 0 Å². The zero-order valence-corrected chi connectivity index (χ0v) is 21.4. The number of aromatic nitrogens is 2. The number of nitrogens with zero attached hydrogens (tertiary/aromatic N) is 3. The Balaban J connectivity index is 1.50. The van der Waals surface area contributed by atoms with Crippen molar-refractivity contribution < 1.29 is 9.53 Å². The maximum absolute atomic E-state index is 11.9. The van der Waals surface area contributed by atoms with Gasteiger partial charge in [-0.1, -0.05) is 42.4 Å². The van der Waals surface area contributed by atoms with Crippen LogP contribution in [-0.2, 0) is 9.53 Å². The van der Waals surface area contributed by atoms with Crippen molar-refractivity contribution in [3.63, 3.8) is 0 Å². The Bertz CT molecular complexity index is 1440. The summed E-state index contributed by atoms with van der Waals surface area (Å²) in [7, 11) is 0. The number of para-hydroxylation sites is 1. The van der Waals surface area contributed by atoms with Crippen molar-refractivity contribution >= 4 is 51.9 Å². The summed E-state index contributed by atoms with van der Waals surface area (Å²) in [5.41, 5.74) is 5.42. The van der Waals surface area contributed by atoms with Gasteiger partial charge < -0.3 is 25.6 Å². The number of anilines is 6. The normalized spacial score (nSPS) is 13.0. The Morgan fingerprint density at radius 2 is 1.74 bits per heavy atom. The van der Waals surface area contributed by atoms with Crippen LogP contribution in [0.2, 0.25) is 5.02 Å². The number of morpholine rings is 1. The van der Waals surface area contributed by atoms with E-state index in [1.54, 1.807) is 18.3 Å². The van der Waals surface area contributed by atoms with Crippen LogP contribution in [0.15, 0.2) is 91.6 Å². The Morgan fingerprint density at radius 1 is 0.947 bits per heavy atom. The third kappa shape index (κ3) is 6.29. The molecule has 1 aliphatic rings. The maximum Gasteiger partial charge on any atom is 0.247 e. The van der Waals surface area contributed by atoms with Gasteiger partial charge >= 0.3 is 0 Å². The highest BCUT2D eigenvalue weighted by Gasteiger charge is 2.15. The highest BCUT2D eigenvalue weighted by Crippen LogP contribution is 2.33. The van der Waals surface area contributed by atoms with E-state index in [1.807, 2.05) is 48.5 Å². The van der Waals surface area contributed by atoms with Gasteiger partial charge in [0.2, 0.25) is 11.9 Å². The zero-order chi connectivity index (χ0) is 26.3. The van der Waals surface area contributed by atoms with Crippen LogP contribution in [0, 0.1) is 0 Å². The van der Waals surface area contributed by atoms with Crippen molar-refractivity contribution in [3.8, 4) is 11.3 Å². The third-order valence-electron chi connectivity index (χ3n) is 5.94. The van der Waals surface area contributed by atoms with E-state index in [1.165, 1.54) is 6.08 Å². The molecule has 0 unspecified atom stereocenters. The summed E-state index contributed by atoms with van der Waals surface area (Å²) >= 11 is 6.43. The van der Waals surface area contributed by atoms with E-state index in [0.29, 0.717) is 33.6 Å². The summed E-state index contributed by atoms with van der Waals surface area (Å²) in [6.45, 7) is 6.65. The Labute approximate surface area is 226 Å². The second-order valence-electron chi connectivity index (χ2n) is 8.64. The molecule has 9 heteroatoms. The van der Waals surface area contributed by atoms with Gasteiger partial charge in [0.1, 0.15) is 0 Å². The van der Waals surface area contributed by atoms with Crippen molar-refractivity contribution in [1.82, 2.24) is 9.97 Å². The summed E-state index contributed by atoms with van der Waals surface area (Å²) in [5, 5.41) is 9.94. The Hall–Kier alpha value is -4.40. The van der Waals surface area contributed by atoms with Gasteiger partial charge in [0.05, 0.1) is 30.8 Å². The molecule has 2 heterocycles. The zero-order valence-electron chi connectivity index (χ0n) is 20.7. The van der Waals surface area contributed by atoms with Crippen molar-refractivity contribution in [1.29, 1.82) is 0 Å².